The van der Waals surface area contributed by atoms with Gasteiger partial charge in [0.2, 0.25) is 5.91 Å². The molecule has 3 N–H and O–H groups in total. The van der Waals surface area contributed by atoms with Crippen LogP contribution in [0, 0.1) is 0 Å². The summed E-state index contributed by atoms with van der Waals surface area (Å²) in [5.74, 6) is -0.532. The molecule has 0 unspecified atom stereocenters. The highest BCUT2D eigenvalue weighted by Gasteiger charge is 2.13. The second-order valence-corrected chi connectivity index (χ2v) is 5.00. The molecule has 0 bridgehead atoms. The highest BCUT2D eigenvalue weighted by Crippen LogP contribution is 2.20. The van der Waals surface area contributed by atoms with Crippen LogP contribution in [0.3, 0.4) is 0 Å². The zero-order valence-corrected chi connectivity index (χ0v) is 12.4. The third kappa shape index (κ3) is 3.90. The molecule has 108 valence electrons. The van der Waals surface area contributed by atoms with E-state index in [2.05, 4.69) is 18.1 Å². The van der Waals surface area contributed by atoms with Crippen molar-refractivity contribution in [3.8, 4) is 0 Å². The van der Waals surface area contributed by atoms with Crippen molar-refractivity contribution in [1.29, 1.82) is 0 Å². The van der Waals surface area contributed by atoms with Crippen molar-refractivity contribution in [2.24, 2.45) is 5.73 Å². The summed E-state index contributed by atoms with van der Waals surface area (Å²) in [6.07, 6.45) is 0. The highest BCUT2D eigenvalue weighted by atomic mass is 35.5. The minimum absolute atomic E-state index is 0.357. The van der Waals surface area contributed by atoms with E-state index in [1.807, 2.05) is 0 Å². The topological polar surface area (TPSA) is 75.4 Å². The summed E-state index contributed by atoms with van der Waals surface area (Å²) >= 11 is 9.97. The van der Waals surface area contributed by atoms with E-state index >= 15 is 0 Å². The molecule has 2 rings (SSSR count). The Morgan fingerprint density at radius 2 is 1.81 bits per heavy atom. The number of hydrogen-bond acceptors (Lipinski definition) is 3. The first-order valence-electron chi connectivity index (χ1n) is 5.93. The van der Waals surface area contributed by atoms with Gasteiger partial charge in [-0.2, -0.15) is 0 Å². The fourth-order valence-electron chi connectivity index (χ4n) is 1.63. The lowest BCUT2D eigenvalue weighted by Gasteiger charge is -2.16. The maximum atomic E-state index is 12.0. The first-order valence-corrected chi connectivity index (χ1v) is 6.70. The molecule has 0 spiro atoms. The van der Waals surface area contributed by atoms with Gasteiger partial charge in [0.1, 0.15) is 0 Å². The molecule has 0 radical (unpaired) electrons. The second kappa shape index (κ2) is 6.51. The molecule has 0 aliphatic heterocycles. The molecule has 0 aliphatic rings. The van der Waals surface area contributed by atoms with E-state index in [0.29, 0.717) is 22.0 Å². The smallest absolute Gasteiger partial charge is 0.336 e. The number of carbonyl (C=O) groups is 2. The van der Waals surface area contributed by atoms with E-state index in [-0.39, 0.29) is 0 Å². The third-order valence-electron chi connectivity index (χ3n) is 2.66. The van der Waals surface area contributed by atoms with Gasteiger partial charge in [0.05, 0.1) is 5.69 Å². The summed E-state index contributed by atoms with van der Waals surface area (Å²) in [7, 11) is 0. The number of urea groups is 1. The van der Waals surface area contributed by atoms with Crippen molar-refractivity contribution in [3.05, 3.63) is 59.1 Å². The van der Waals surface area contributed by atoms with Crippen LogP contribution in [0.15, 0.2) is 48.5 Å². The number of amides is 3. The van der Waals surface area contributed by atoms with Crippen LogP contribution in [0.5, 0.6) is 0 Å². The normalized spacial score (nSPS) is 10.0. The quantitative estimate of drug-likeness (QED) is 0.758. The van der Waals surface area contributed by atoms with E-state index in [9.17, 15) is 9.59 Å². The van der Waals surface area contributed by atoms with Crippen molar-refractivity contribution in [1.82, 2.24) is 0 Å². The van der Waals surface area contributed by atoms with Gasteiger partial charge in [-0.25, -0.2) is 9.10 Å². The molecule has 0 aliphatic carbocycles. The van der Waals surface area contributed by atoms with Gasteiger partial charge >= 0.3 is 6.03 Å². The summed E-state index contributed by atoms with van der Waals surface area (Å²) in [4.78, 5) is 23.0. The van der Waals surface area contributed by atoms with Crippen LogP contribution in [0.25, 0.3) is 0 Å². The number of carbonyl (C=O) groups excluding carboxylic acids is 2. The molecule has 0 fully saturated rings. The summed E-state index contributed by atoms with van der Waals surface area (Å²) in [6.45, 7) is 0. The number of anilines is 2. The molecule has 0 atom stereocenters. The lowest BCUT2D eigenvalue weighted by molar-refractivity contribution is 0.100. The predicted octanol–water partition coefficient (Wildman–Crippen LogP) is 3.32. The van der Waals surface area contributed by atoms with Crippen LogP contribution >= 0.6 is 24.4 Å². The number of hydrogen-bond donors (Lipinski definition) is 3. The van der Waals surface area contributed by atoms with E-state index < -0.39 is 11.9 Å². The molecule has 0 aromatic heterocycles. The Bertz CT molecular complexity index is 676. The Labute approximate surface area is 132 Å². The predicted molar refractivity (Wildman–Crippen MR) is 86.9 cm³/mol. The van der Waals surface area contributed by atoms with Crippen LogP contribution in [-0.4, -0.2) is 11.9 Å². The van der Waals surface area contributed by atoms with Gasteiger partial charge in [-0.05, 0) is 42.5 Å². The lowest BCUT2D eigenvalue weighted by Crippen LogP contribution is -2.26. The minimum atomic E-state index is -0.532. The highest BCUT2D eigenvalue weighted by molar-refractivity contribution is 7.82. The third-order valence-corrected chi connectivity index (χ3v) is 3.31. The Morgan fingerprint density at radius 1 is 1.14 bits per heavy atom. The zero-order valence-electron chi connectivity index (χ0n) is 10.8. The average molecular weight is 322 g/mol. The number of nitrogens with one attached hydrogen (secondary N) is 1. The standard InChI is InChI=1S/C14H12ClN3O2S/c15-10-2-1-3-11(8-10)17-14(20)18(21)12-6-4-9(5-7-12)13(16)19/h1-8,21H,(H2,16,19)(H,17,20). The number of primary amides is 1. The lowest BCUT2D eigenvalue weighted by atomic mass is 10.2. The number of halogens is 1. The largest absolute Gasteiger partial charge is 0.366 e. The molecule has 5 nitrogen and oxygen atoms in total. The first-order chi connectivity index (χ1) is 9.97. The van der Waals surface area contributed by atoms with Crippen LogP contribution in [0.2, 0.25) is 5.02 Å². The van der Waals surface area contributed by atoms with E-state index in [1.165, 1.54) is 12.1 Å². The van der Waals surface area contributed by atoms with Gasteiger partial charge in [-0.15, -0.1) is 0 Å². The maximum absolute atomic E-state index is 12.0. The first kappa shape index (κ1) is 15.2. The zero-order chi connectivity index (χ0) is 15.4. The van der Waals surface area contributed by atoms with E-state index in [0.717, 1.165) is 4.31 Å². The van der Waals surface area contributed by atoms with Gasteiger partial charge in [0.15, 0.2) is 0 Å². The van der Waals surface area contributed by atoms with Crippen molar-refractivity contribution < 1.29 is 9.59 Å². The van der Waals surface area contributed by atoms with Gasteiger partial charge in [-0.1, -0.05) is 30.5 Å². The molecule has 0 saturated carbocycles. The molecule has 2 aromatic carbocycles. The fraction of sp³-hybridized carbons (Fsp3) is 0. The van der Waals surface area contributed by atoms with E-state index in [4.69, 9.17) is 17.3 Å². The number of nitrogens with two attached hydrogens (primary N) is 1. The van der Waals surface area contributed by atoms with Crippen molar-refractivity contribution >= 4 is 47.7 Å². The summed E-state index contributed by atoms with van der Waals surface area (Å²) in [5.41, 5.74) is 6.57. The molecule has 3 amide bonds. The Kier molecular flexibility index (Phi) is 4.72. The van der Waals surface area contributed by atoms with Crippen LogP contribution in [0.4, 0.5) is 16.2 Å². The molecule has 21 heavy (non-hydrogen) atoms. The fourth-order valence-corrected chi connectivity index (χ4v) is 2.00. The average Bonchev–Trinajstić information content (AvgIpc) is 2.46. The molecule has 0 saturated heterocycles. The number of benzene rings is 2. The monoisotopic (exact) mass is 321 g/mol. The number of thiol groups is 1. The Hall–Kier alpha value is -2.18. The summed E-state index contributed by atoms with van der Waals surface area (Å²) in [5, 5.41) is 3.17. The maximum Gasteiger partial charge on any atom is 0.336 e. The van der Waals surface area contributed by atoms with Crippen LogP contribution < -0.4 is 15.4 Å². The molecule has 0 heterocycles. The van der Waals surface area contributed by atoms with Crippen molar-refractivity contribution in [2.45, 2.75) is 0 Å². The van der Waals surface area contributed by atoms with Crippen LogP contribution in [-0.2, 0) is 0 Å². The Morgan fingerprint density at radius 3 is 2.38 bits per heavy atom. The van der Waals surface area contributed by atoms with Gasteiger partial charge < -0.3 is 11.1 Å². The Balaban J connectivity index is 2.10. The summed E-state index contributed by atoms with van der Waals surface area (Å²) in [6, 6.07) is 12.5. The summed E-state index contributed by atoms with van der Waals surface area (Å²) < 4.78 is 1.12. The molecule has 7 heteroatoms. The van der Waals surface area contributed by atoms with Gasteiger partial charge in [-0.3, -0.25) is 4.79 Å². The van der Waals surface area contributed by atoms with Gasteiger partial charge in [0.25, 0.3) is 0 Å². The van der Waals surface area contributed by atoms with Crippen molar-refractivity contribution in [3.63, 3.8) is 0 Å². The molecule has 2 aromatic rings. The van der Waals surface area contributed by atoms with Gasteiger partial charge in [0, 0.05) is 16.3 Å². The SMILES string of the molecule is NC(=O)c1ccc(N(S)C(=O)Nc2cccc(Cl)c2)cc1. The van der Waals surface area contributed by atoms with Crippen LogP contribution in [0.1, 0.15) is 10.4 Å². The number of rotatable bonds is 3. The van der Waals surface area contributed by atoms with E-state index in [1.54, 1.807) is 36.4 Å². The number of nitrogens with zero attached hydrogens (tertiary/aromatic N) is 1. The second-order valence-electron chi connectivity index (χ2n) is 4.16. The molecular formula is C14H12ClN3O2S. The molecular weight excluding hydrogens is 310 g/mol. The minimum Gasteiger partial charge on any atom is -0.366 e. The van der Waals surface area contributed by atoms with Crippen molar-refractivity contribution in [2.75, 3.05) is 9.62 Å².